The molecule has 2 aromatic heterocycles. The van der Waals surface area contributed by atoms with E-state index in [0.717, 1.165) is 101 Å². The Labute approximate surface area is 370 Å². The van der Waals surface area contributed by atoms with Gasteiger partial charge >= 0.3 is 0 Å². The Morgan fingerprint density at radius 2 is 1.87 bits per heavy atom. The van der Waals surface area contributed by atoms with Gasteiger partial charge in [-0.15, -0.1) is 0 Å². The lowest BCUT2D eigenvalue weighted by Gasteiger charge is -2.34. The number of fused-ring (bicyclic) bond motifs is 6. The van der Waals surface area contributed by atoms with E-state index in [2.05, 4.69) is 66.2 Å². The Bertz CT molecular complexity index is 2360. The van der Waals surface area contributed by atoms with Crippen molar-refractivity contribution >= 4 is 52.5 Å². The predicted molar refractivity (Wildman–Crippen MR) is 245 cm³/mol. The largest absolute Gasteiger partial charge is 0.477 e. The van der Waals surface area contributed by atoms with Crippen LogP contribution in [0.4, 0.5) is 5.95 Å². The second-order valence-electron chi connectivity index (χ2n) is 17.1. The summed E-state index contributed by atoms with van der Waals surface area (Å²) in [5.74, 6) is 0.656. The van der Waals surface area contributed by atoms with Crippen LogP contribution in [-0.2, 0) is 40.4 Å². The zero-order valence-corrected chi connectivity index (χ0v) is 37.2. The molecule has 2 unspecified atom stereocenters. The fourth-order valence-corrected chi connectivity index (χ4v) is 9.07. The molecular formula is C48H62N10O5. The third kappa shape index (κ3) is 10.8. The summed E-state index contributed by atoms with van der Waals surface area (Å²) in [4.78, 5) is 71.4. The number of aldehydes is 1. The molecule has 2 bridgehead atoms. The number of carbonyl (C=O) groups is 4. The molecule has 0 spiro atoms. The summed E-state index contributed by atoms with van der Waals surface area (Å²) in [7, 11) is 3.23. The van der Waals surface area contributed by atoms with Crippen molar-refractivity contribution in [1.82, 2.24) is 34.6 Å². The highest BCUT2D eigenvalue weighted by molar-refractivity contribution is 6.19. The van der Waals surface area contributed by atoms with Gasteiger partial charge < -0.3 is 34.9 Å². The first-order chi connectivity index (χ1) is 30.6. The fourth-order valence-electron chi connectivity index (χ4n) is 9.07. The molecule has 4 N–H and O–H groups in total. The SMILES string of the molecule is CN=C1OCCCC(C)Cn2c(nc3ccc(CN4CCN(CCCCCc5cccc6c5CN(C(C=O)CCC(=O)NC)C6=O)CC4)cc32)NC(=O)c2cc(C)nc(c2)C1=CN. The zero-order chi connectivity index (χ0) is 44.5. The number of benzene rings is 2. The highest BCUT2D eigenvalue weighted by Gasteiger charge is 2.34. The van der Waals surface area contributed by atoms with Crippen LogP contribution in [0.3, 0.4) is 0 Å². The van der Waals surface area contributed by atoms with Gasteiger partial charge in [-0.3, -0.25) is 34.6 Å². The number of pyridine rings is 1. The van der Waals surface area contributed by atoms with E-state index in [0.29, 0.717) is 66.1 Å². The lowest BCUT2D eigenvalue weighted by molar-refractivity contribution is -0.121. The normalized spacial score (nSPS) is 19.6. The summed E-state index contributed by atoms with van der Waals surface area (Å²) in [5.41, 5.74) is 14.1. The minimum absolute atomic E-state index is 0.127. The molecule has 1 saturated heterocycles. The molecule has 3 aliphatic heterocycles. The van der Waals surface area contributed by atoms with Gasteiger partial charge in [-0.2, -0.15) is 0 Å². The smallest absolute Gasteiger partial charge is 0.258 e. The quantitative estimate of drug-likeness (QED) is 0.117. The summed E-state index contributed by atoms with van der Waals surface area (Å²) in [6, 6.07) is 15.2. The van der Waals surface area contributed by atoms with Crippen LogP contribution in [0, 0.1) is 12.8 Å². The first-order valence-corrected chi connectivity index (χ1v) is 22.4. The van der Waals surface area contributed by atoms with E-state index in [1.54, 1.807) is 31.1 Å². The Morgan fingerprint density at radius 1 is 1.06 bits per heavy atom. The second-order valence-corrected chi connectivity index (χ2v) is 17.1. The molecule has 5 heterocycles. The first kappa shape index (κ1) is 45.1. The summed E-state index contributed by atoms with van der Waals surface area (Å²) in [6.45, 7) is 11.5. The highest BCUT2D eigenvalue weighted by Crippen LogP contribution is 2.30. The number of ether oxygens (including phenoxy) is 1. The highest BCUT2D eigenvalue weighted by atomic mass is 16.5. The fraction of sp³-hybridized carbons (Fsp3) is 0.479. The Balaban J connectivity index is 0.925. The van der Waals surface area contributed by atoms with Crippen molar-refractivity contribution in [3.8, 4) is 0 Å². The number of amides is 3. The third-order valence-electron chi connectivity index (χ3n) is 12.6. The number of anilines is 1. The molecule has 0 saturated carbocycles. The standard InChI is InChI=1S/C48H62N10O5/c1-32-10-9-23-63-46(51-4)39(27-49)42-26-36(24-33(2)52-42)45(61)54-48-53-41-16-14-34(25-43(41)58(48)28-32)29-56-21-19-55(20-22-56)18-7-5-6-11-35-12-8-13-38-40(35)30-57(47(38)62)37(31-59)15-17-44(60)50-3/h8,12-14,16,24-27,31-32,37H,5-7,9-11,15,17-23,28-30,49H2,1-4H3,(H,50,60)(H,53,54,61). The monoisotopic (exact) mass is 858 g/mol. The van der Waals surface area contributed by atoms with Gasteiger partial charge in [0, 0.05) is 89.4 Å². The number of aliphatic imine (C=N–C) groups is 1. The predicted octanol–water partition coefficient (Wildman–Crippen LogP) is 5.35. The van der Waals surface area contributed by atoms with Crippen LogP contribution in [0.5, 0.6) is 0 Å². The average molecular weight is 859 g/mol. The molecule has 334 valence electrons. The van der Waals surface area contributed by atoms with E-state index in [9.17, 15) is 19.2 Å². The van der Waals surface area contributed by atoms with E-state index in [1.807, 2.05) is 19.1 Å². The summed E-state index contributed by atoms with van der Waals surface area (Å²) in [5, 5.41) is 5.71. The number of hydrogen-bond acceptors (Lipinski definition) is 11. The van der Waals surface area contributed by atoms with Gasteiger partial charge in [0.1, 0.15) is 6.29 Å². The molecule has 2 atom stereocenters. The van der Waals surface area contributed by atoms with Gasteiger partial charge in [0.2, 0.25) is 17.8 Å². The van der Waals surface area contributed by atoms with E-state index in [1.165, 1.54) is 17.3 Å². The van der Waals surface area contributed by atoms with E-state index in [4.69, 9.17) is 15.5 Å². The summed E-state index contributed by atoms with van der Waals surface area (Å²) >= 11 is 0. The molecule has 3 aliphatic rings. The maximum atomic E-state index is 13.8. The molecule has 7 rings (SSSR count). The molecule has 0 aliphatic carbocycles. The van der Waals surface area contributed by atoms with Crippen LogP contribution in [0.2, 0.25) is 0 Å². The lowest BCUT2D eigenvalue weighted by Crippen LogP contribution is -2.46. The average Bonchev–Trinajstić information content (AvgIpc) is 3.80. The van der Waals surface area contributed by atoms with Crippen LogP contribution in [-0.4, -0.2) is 119 Å². The molecule has 15 heteroatoms. The van der Waals surface area contributed by atoms with Crippen molar-refractivity contribution in [1.29, 1.82) is 0 Å². The van der Waals surface area contributed by atoms with E-state index in [-0.39, 0.29) is 30.1 Å². The Kier molecular flexibility index (Phi) is 15.0. The zero-order valence-electron chi connectivity index (χ0n) is 37.2. The molecule has 1 fully saturated rings. The number of aryl methyl sites for hydroxylation is 2. The van der Waals surface area contributed by atoms with Crippen LogP contribution < -0.4 is 16.4 Å². The van der Waals surface area contributed by atoms with Crippen molar-refractivity contribution in [3.05, 3.63) is 93.9 Å². The molecule has 2 aromatic carbocycles. The van der Waals surface area contributed by atoms with Crippen molar-refractivity contribution < 1.29 is 23.9 Å². The maximum absolute atomic E-state index is 13.8. The number of nitrogens with one attached hydrogen (secondary N) is 2. The van der Waals surface area contributed by atoms with E-state index >= 15 is 0 Å². The minimum Gasteiger partial charge on any atom is -0.477 e. The second kappa shape index (κ2) is 21.0. The summed E-state index contributed by atoms with van der Waals surface area (Å²) in [6.07, 6.45) is 8.59. The van der Waals surface area contributed by atoms with Crippen LogP contribution in [0.25, 0.3) is 16.6 Å². The molecular weight excluding hydrogens is 797 g/mol. The third-order valence-corrected chi connectivity index (χ3v) is 12.6. The van der Waals surface area contributed by atoms with Crippen molar-refractivity contribution in [2.45, 2.75) is 90.9 Å². The van der Waals surface area contributed by atoms with Crippen molar-refractivity contribution in [3.63, 3.8) is 0 Å². The number of hydrogen-bond donors (Lipinski definition) is 3. The number of aromatic nitrogens is 3. The topological polar surface area (TPSA) is 180 Å². The maximum Gasteiger partial charge on any atom is 0.258 e. The number of imidazole rings is 1. The Morgan fingerprint density at radius 3 is 2.63 bits per heavy atom. The number of rotatable bonds is 13. The van der Waals surface area contributed by atoms with Gasteiger partial charge in [-0.25, -0.2) is 4.98 Å². The number of piperazine rings is 1. The summed E-state index contributed by atoms with van der Waals surface area (Å²) < 4.78 is 8.25. The molecule has 63 heavy (non-hydrogen) atoms. The Hall–Kier alpha value is -5.93. The molecule has 0 radical (unpaired) electrons. The van der Waals surface area contributed by atoms with Crippen LogP contribution in [0.15, 0.2) is 59.7 Å². The number of unbranched alkanes of at least 4 members (excludes halogenated alkanes) is 2. The number of carbonyl (C=O) groups excluding carboxylic acids is 4. The lowest BCUT2D eigenvalue weighted by atomic mass is 9.98. The number of nitrogens with two attached hydrogens (primary N) is 1. The minimum atomic E-state index is -0.612. The molecule has 15 nitrogen and oxygen atoms in total. The van der Waals surface area contributed by atoms with Crippen molar-refractivity contribution in [2.75, 3.05) is 58.7 Å². The van der Waals surface area contributed by atoms with E-state index < -0.39 is 6.04 Å². The van der Waals surface area contributed by atoms with Gasteiger partial charge in [-0.05, 0) is 105 Å². The molecule has 4 aromatic rings. The van der Waals surface area contributed by atoms with Crippen molar-refractivity contribution in [2.24, 2.45) is 16.6 Å². The molecule has 3 amide bonds. The first-order valence-electron chi connectivity index (χ1n) is 22.4. The van der Waals surface area contributed by atoms with Crippen LogP contribution in [0.1, 0.15) is 101 Å². The van der Waals surface area contributed by atoms with Gasteiger partial charge in [-0.1, -0.05) is 31.5 Å². The van der Waals surface area contributed by atoms with Crippen LogP contribution >= 0.6 is 0 Å². The number of nitrogens with zero attached hydrogens (tertiary/aromatic N) is 7. The van der Waals surface area contributed by atoms with Gasteiger partial charge in [0.15, 0.2) is 0 Å². The van der Waals surface area contributed by atoms with Gasteiger partial charge in [0.25, 0.3) is 11.8 Å². The van der Waals surface area contributed by atoms with Gasteiger partial charge in [0.05, 0.1) is 34.9 Å².